The number of amides is 1. The number of fused-ring (bicyclic) bond motifs is 1. The molecule has 2 aromatic carbocycles. The number of halogens is 1. The van der Waals surface area contributed by atoms with Crippen LogP contribution in [0.1, 0.15) is 24.1 Å². The standard InChI is InChI=1S/C21H20ClN5O2/c1-12-4-9-17(29-3)16(10-12)26-20(28)18-13(2)25-21-23-11-24-27(21)19(18)14-5-7-15(22)8-6-14/h4-11,19H,1-3H3,(H,26,28)(H,23,24,25)/t19-/m0/s1. The fourth-order valence-electron chi connectivity index (χ4n) is 3.45. The van der Waals surface area contributed by atoms with Gasteiger partial charge in [0, 0.05) is 10.7 Å². The summed E-state index contributed by atoms with van der Waals surface area (Å²) in [5.41, 5.74) is 3.74. The summed E-state index contributed by atoms with van der Waals surface area (Å²) in [6.45, 7) is 3.81. The lowest BCUT2D eigenvalue weighted by Crippen LogP contribution is -2.31. The van der Waals surface area contributed by atoms with Crippen molar-refractivity contribution in [2.24, 2.45) is 0 Å². The van der Waals surface area contributed by atoms with Crippen LogP contribution < -0.4 is 15.4 Å². The van der Waals surface area contributed by atoms with E-state index < -0.39 is 6.04 Å². The van der Waals surface area contributed by atoms with Gasteiger partial charge in [0.1, 0.15) is 18.1 Å². The van der Waals surface area contributed by atoms with E-state index in [1.807, 2.05) is 44.2 Å². The van der Waals surface area contributed by atoms with Crippen molar-refractivity contribution >= 4 is 29.1 Å². The average molecular weight is 410 g/mol. The Morgan fingerprint density at radius 3 is 2.69 bits per heavy atom. The zero-order valence-electron chi connectivity index (χ0n) is 16.2. The van der Waals surface area contributed by atoms with E-state index in [0.717, 1.165) is 11.1 Å². The molecular formula is C21H20ClN5O2. The maximum Gasteiger partial charge on any atom is 0.255 e. The van der Waals surface area contributed by atoms with Gasteiger partial charge in [-0.25, -0.2) is 4.68 Å². The van der Waals surface area contributed by atoms with Gasteiger partial charge >= 0.3 is 0 Å². The van der Waals surface area contributed by atoms with Crippen molar-refractivity contribution in [2.75, 3.05) is 17.7 Å². The molecule has 1 aliphatic heterocycles. The maximum absolute atomic E-state index is 13.4. The van der Waals surface area contributed by atoms with Crippen LogP contribution in [0, 0.1) is 6.92 Å². The maximum atomic E-state index is 13.4. The number of hydrogen-bond acceptors (Lipinski definition) is 5. The smallest absolute Gasteiger partial charge is 0.255 e. The van der Waals surface area contributed by atoms with E-state index in [0.29, 0.717) is 33.7 Å². The molecule has 0 radical (unpaired) electrons. The lowest BCUT2D eigenvalue weighted by molar-refractivity contribution is -0.113. The molecule has 1 aliphatic rings. The number of rotatable bonds is 4. The van der Waals surface area contributed by atoms with Crippen LogP contribution in [0.4, 0.5) is 11.6 Å². The first-order chi connectivity index (χ1) is 14.0. The highest BCUT2D eigenvalue weighted by Crippen LogP contribution is 2.36. The first kappa shape index (κ1) is 19.0. The van der Waals surface area contributed by atoms with E-state index in [1.165, 1.54) is 6.33 Å². The van der Waals surface area contributed by atoms with Crippen LogP contribution >= 0.6 is 11.6 Å². The van der Waals surface area contributed by atoms with Crippen molar-refractivity contribution in [1.82, 2.24) is 14.8 Å². The molecule has 3 aromatic rings. The summed E-state index contributed by atoms with van der Waals surface area (Å²) >= 11 is 6.06. The molecule has 0 unspecified atom stereocenters. The number of benzene rings is 2. The lowest BCUT2D eigenvalue weighted by Gasteiger charge is -2.29. The second-order valence-corrected chi connectivity index (χ2v) is 7.24. The Balaban J connectivity index is 1.76. The van der Waals surface area contributed by atoms with Crippen molar-refractivity contribution in [2.45, 2.75) is 19.9 Å². The number of anilines is 2. The molecule has 1 atom stereocenters. The predicted octanol–water partition coefficient (Wildman–Crippen LogP) is 4.18. The Kier molecular flexibility index (Phi) is 4.98. The number of nitrogens with one attached hydrogen (secondary N) is 2. The van der Waals surface area contributed by atoms with Crippen LogP contribution in [0.2, 0.25) is 5.02 Å². The molecule has 1 aromatic heterocycles. The largest absolute Gasteiger partial charge is 0.495 e. The van der Waals surface area contributed by atoms with Crippen molar-refractivity contribution in [3.63, 3.8) is 0 Å². The van der Waals surface area contributed by atoms with Crippen LogP contribution in [0.15, 0.2) is 60.1 Å². The second kappa shape index (κ2) is 7.60. The molecule has 0 saturated heterocycles. The van der Waals surface area contributed by atoms with Crippen molar-refractivity contribution in [3.05, 3.63) is 76.2 Å². The summed E-state index contributed by atoms with van der Waals surface area (Å²) < 4.78 is 7.09. The minimum absolute atomic E-state index is 0.250. The minimum Gasteiger partial charge on any atom is -0.495 e. The number of allylic oxidation sites excluding steroid dienone is 1. The Hall–Kier alpha value is -3.32. The fraction of sp³-hybridized carbons (Fsp3) is 0.190. The SMILES string of the molecule is COc1ccc(C)cc1NC(=O)C1=C(C)Nc2ncnn2[C@H]1c1ccc(Cl)cc1. The molecule has 2 heterocycles. The molecule has 1 amide bonds. The molecule has 0 aliphatic carbocycles. The molecule has 8 heteroatoms. The van der Waals surface area contributed by atoms with E-state index in [4.69, 9.17) is 16.3 Å². The molecule has 0 bridgehead atoms. The van der Waals surface area contributed by atoms with Crippen LogP contribution in [-0.2, 0) is 4.79 Å². The van der Waals surface area contributed by atoms with Gasteiger partial charge in [-0.2, -0.15) is 10.1 Å². The molecule has 148 valence electrons. The number of ether oxygens (including phenoxy) is 1. The molecule has 4 rings (SSSR count). The Morgan fingerprint density at radius 1 is 1.21 bits per heavy atom. The predicted molar refractivity (Wildman–Crippen MR) is 112 cm³/mol. The summed E-state index contributed by atoms with van der Waals surface area (Å²) in [6, 6.07) is 12.6. The summed E-state index contributed by atoms with van der Waals surface area (Å²) in [7, 11) is 1.57. The highest BCUT2D eigenvalue weighted by Gasteiger charge is 2.33. The van der Waals surface area contributed by atoms with Gasteiger partial charge in [0.05, 0.1) is 18.4 Å². The zero-order valence-corrected chi connectivity index (χ0v) is 17.0. The van der Waals surface area contributed by atoms with Crippen LogP contribution in [0.25, 0.3) is 0 Å². The third-order valence-electron chi connectivity index (χ3n) is 4.83. The Morgan fingerprint density at radius 2 is 1.97 bits per heavy atom. The summed E-state index contributed by atoms with van der Waals surface area (Å²) in [6.07, 6.45) is 1.46. The van der Waals surface area contributed by atoms with Crippen molar-refractivity contribution in [1.29, 1.82) is 0 Å². The van der Waals surface area contributed by atoms with Gasteiger partial charge in [-0.05, 0) is 49.2 Å². The molecule has 0 spiro atoms. The normalized spacial score (nSPS) is 15.5. The summed E-state index contributed by atoms with van der Waals surface area (Å²) in [5, 5.41) is 11.1. The van der Waals surface area contributed by atoms with Crippen LogP contribution in [0.3, 0.4) is 0 Å². The number of carbonyl (C=O) groups excluding carboxylic acids is 1. The first-order valence-corrected chi connectivity index (χ1v) is 9.44. The topological polar surface area (TPSA) is 81.1 Å². The number of nitrogens with zero attached hydrogens (tertiary/aromatic N) is 3. The third-order valence-corrected chi connectivity index (χ3v) is 5.08. The average Bonchev–Trinajstić information content (AvgIpc) is 3.15. The fourth-order valence-corrected chi connectivity index (χ4v) is 3.57. The van der Waals surface area contributed by atoms with E-state index in [-0.39, 0.29) is 5.91 Å². The van der Waals surface area contributed by atoms with Gasteiger partial charge in [0.2, 0.25) is 5.95 Å². The monoisotopic (exact) mass is 409 g/mol. The van der Waals surface area contributed by atoms with E-state index >= 15 is 0 Å². The Bertz CT molecular complexity index is 1100. The highest BCUT2D eigenvalue weighted by atomic mass is 35.5. The van der Waals surface area contributed by atoms with Gasteiger partial charge in [-0.15, -0.1) is 0 Å². The molecule has 2 N–H and O–H groups in total. The van der Waals surface area contributed by atoms with Gasteiger partial charge in [0.15, 0.2) is 0 Å². The molecule has 0 fully saturated rings. The van der Waals surface area contributed by atoms with Crippen molar-refractivity contribution in [3.8, 4) is 5.75 Å². The van der Waals surface area contributed by atoms with Crippen molar-refractivity contribution < 1.29 is 9.53 Å². The molecule has 0 saturated carbocycles. The van der Waals surface area contributed by atoms with Crippen LogP contribution in [-0.4, -0.2) is 27.8 Å². The van der Waals surface area contributed by atoms with Gasteiger partial charge in [-0.1, -0.05) is 29.8 Å². The van der Waals surface area contributed by atoms with Gasteiger partial charge < -0.3 is 15.4 Å². The molecule has 29 heavy (non-hydrogen) atoms. The van der Waals surface area contributed by atoms with E-state index in [2.05, 4.69) is 20.7 Å². The Labute approximate surface area is 173 Å². The van der Waals surface area contributed by atoms with Crippen LogP contribution in [0.5, 0.6) is 5.75 Å². The van der Waals surface area contributed by atoms with Gasteiger partial charge in [-0.3, -0.25) is 4.79 Å². The number of aromatic nitrogens is 3. The third kappa shape index (κ3) is 3.56. The quantitative estimate of drug-likeness (QED) is 0.675. The second-order valence-electron chi connectivity index (χ2n) is 6.80. The highest BCUT2D eigenvalue weighted by molar-refractivity contribution is 6.30. The van der Waals surface area contributed by atoms with E-state index in [1.54, 1.807) is 23.9 Å². The van der Waals surface area contributed by atoms with E-state index in [9.17, 15) is 4.79 Å². The minimum atomic E-state index is -0.443. The molecular weight excluding hydrogens is 390 g/mol. The number of methoxy groups -OCH3 is 1. The number of carbonyl (C=O) groups is 1. The lowest BCUT2D eigenvalue weighted by atomic mass is 9.95. The van der Waals surface area contributed by atoms with Gasteiger partial charge in [0.25, 0.3) is 5.91 Å². The number of aryl methyl sites for hydroxylation is 1. The first-order valence-electron chi connectivity index (χ1n) is 9.06. The number of hydrogen-bond donors (Lipinski definition) is 2. The summed E-state index contributed by atoms with van der Waals surface area (Å²) in [4.78, 5) is 17.6. The summed E-state index contributed by atoms with van der Waals surface area (Å²) in [5.74, 6) is 0.919. The molecule has 7 nitrogen and oxygen atoms in total. The zero-order chi connectivity index (χ0) is 20.5.